The summed E-state index contributed by atoms with van der Waals surface area (Å²) >= 11 is 8.14. The minimum Gasteiger partial charge on any atom is -0.494 e. The Kier molecular flexibility index (Phi) is 3.66. The highest BCUT2D eigenvalue weighted by atomic mass is 127. The van der Waals surface area contributed by atoms with Crippen molar-refractivity contribution < 1.29 is 9.13 Å². The Bertz CT molecular complexity index is 850. The maximum atomic E-state index is 13.8. The highest BCUT2D eigenvalue weighted by Gasteiger charge is 2.16. The van der Waals surface area contributed by atoms with Crippen molar-refractivity contribution in [2.75, 3.05) is 12.8 Å². The number of hydrogen-bond acceptors (Lipinski definition) is 3. The number of fused-ring (bicyclic) bond motifs is 1. The van der Waals surface area contributed by atoms with Crippen molar-refractivity contribution in [2.24, 2.45) is 0 Å². The SMILES string of the molecule is COc1cc2c(cc1F)nc(N)n2-c1ccc(Cl)cc1I. The second kappa shape index (κ2) is 5.34. The van der Waals surface area contributed by atoms with E-state index in [1.165, 1.54) is 13.2 Å². The number of nitrogens with zero attached hydrogens (tertiary/aromatic N) is 2. The Balaban J connectivity index is 2.33. The molecule has 2 aromatic carbocycles. The molecule has 7 heteroatoms. The normalized spacial score (nSPS) is 11.0. The van der Waals surface area contributed by atoms with Crippen LogP contribution in [0.1, 0.15) is 0 Å². The summed E-state index contributed by atoms with van der Waals surface area (Å²) in [5, 5.41) is 0.634. The molecule has 0 bridgehead atoms. The lowest BCUT2D eigenvalue weighted by atomic mass is 10.2. The number of anilines is 1. The first-order valence-electron chi connectivity index (χ1n) is 5.98. The minimum atomic E-state index is -0.472. The minimum absolute atomic E-state index is 0.146. The summed E-state index contributed by atoms with van der Waals surface area (Å²) in [6.45, 7) is 0. The predicted octanol–water partition coefficient (Wildman–Crippen LogP) is 4.01. The average molecular weight is 418 g/mol. The summed E-state index contributed by atoms with van der Waals surface area (Å²) in [6.07, 6.45) is 0. The third-order valence-electron chi connectivity index (χ3n) is 3.10. The Labute approximate surface area is 138 Å². The van der Waals surface area contributed by atoms with E-state index in [1.807, 2.05) is 12.1 Å². The van der Waals surface area contributed by atoms with Gasteiger partial charge in [0.15, 0.2) is 11.6 Å². The van der Waals surface area contributed by atoms with Crippen molar-refractivity contribution in [2.45, 2.75) is 0 Å². The molecule has 3 aromatic rings. The van der Waals surface area contributed by atoms with Crippen molar-refractivity contribution in [1.29, 1.82) is 0 Å². The van der Waals surface area contributed by atoms with E-state index in [0.717, 1.165) is 9.26 Å². The molecule has 2 N–H and O–H groups in total. The van der Waals surface area contributed by atoms with Crippen LogP contribution in [0.15, 0.2) is 30.3 Å². The van der Waals surface area contributed by atoms with Crippen molar-refractivity contribution in [3.63, 3.8) is 0 Å². The fourth-order valence-corrected chi connectivity index (χ4v) is 3.28. The lowest BCUT2D eigenvalue weighted by Gasteiger charge is -2.10. The van der Waals surface area contributed by atoms with Crippen LogP contribution in [-0.4, -0.2) is 16.7 Å². The van der Waals surface area contributed by atoms with Crippen LogP contribution in [0.4, 0.5) is 10.3 Å². The third-order valence-corrected chi connectivity index (χ3v) is 4.20. The van der Waals surface area contributed by atoms with E-state index in [9.17, 15) is 4.39 Å². The number of rotatable bonds is 2. The number of nitrogen functional groups attached to an aromatic ring is 1. The summed E-state index contributed by atoms with van der Waals surface area (Å²) in [5.74, 6) is -0.0500. The molecule has 0 saturated heterocycles. The van der Waals surface area contributed by atoms with Gasteiger partial charge in [-0.2, -0.15) is 0 Å². The molecule has 0 radical (unpaired) electrons. The summed E-state index contributed by atoms with van der Waals surface area (Å²) in [7, 11) is 1.42. The summed E-state index contributed by atoms with van der Waals surface area (Å²) in [5.41, 5.74) is 7.95. The Morgan fingerprint density at radius 2 is 2.10 bits per heavy atom. The van der Waals surface area contributed by atoms with Crippen molar-refractivity contribution in [1.82, 2.24) is 9.55 Å². The molecule has 0 amide bonds. The zero-order chi connectivity index (χ0) is 15.1. The zero-order valence-corrected chi connectivity index (χ0v) is 13.8. The maximum absolute atomic E-state index is 13.8. The molecule has 21 heavy (non-hydrogen) atoms. The second-order valence-corrected chi connectivity index (χ2v) is 5.98. The molecule has 108 valence electrons. The quantitative estimate of drug-likeness (QED) is 0.641. The Morgan fingerprint density at radius 3 is 2.76 bits per heavy atom. The van der Waals surface area contributed by atoms with Gasteiger partial charge < -0.3 is 10.5 Å². The lowest BCUT2D eigenvalue weighted by Crippen LogP contribution is -2.02. The molecular weight excluding hydrogens is 408 g/mol. The van der Waals surface area contributed by atoms with E-state index in [2.05, 4.69) is 27.6 Å². The average Bonchev–Trinajstić information content (AvgIpc) is 2.73. The van der Waals surface area contributed by atoms with Gasteiger partial charge in [-0.05, 0) is 40.8 Å². The van der Waals surface area contributed by atoms with Crippen LogP contribution in [-0.2, 0) is 0 Å². The van der Waals surface area contributed by atoms with Crippen LogP contribution < -0.4 is 10.5 Å². The first kappa shape index (κ1) is 14.4. The smallest absolute Gasteiger partial charge is 0.205 e. The predicted molar refractivity (Wildman–Crippen MR) is 89.7 cm³/mol. The molecule has 0 aliphatic carbocycles. The highest BCUT2D eigenvalue weighted by Crippen LogP contribution is 2.31. The molecular formula is C14H10ClFIN3O. The first-order valence-corrected chi connectivity index (χ1v) is 7.44. The number of benzene rings is 2. The van der Waals surface area contributed by atoms with Gasteiger partial charge in [-0.3, -0.25) is 4.57 Å². The van der Waals surface area contributed by atoms with E-state index in [1.54, 1.807) is 16.7 Å². The summed E-state index contributed by atoms with van der Waals surface area (Å²) in [4.78, 5) is 4.20. The van der Waals surface area contributed by atoms with Crippen LogP contribution in [0, 0.1) is 9.39 Å². The van der Waals surface area contributed by atoms with Crippen molar-refractivity contribution >= 4 is 51.2 Å². The fraction of sp³-hybridized carbons (Fsp3) is 0.0714. The van der Waals surface area contributed by atoms with Gasteiger partial charge in [-0.15, -0.1) is 0 Å². The third kappa shape index (κ3) is 2.42. The number of hydrogen-bond donors (Lipinski definition) is 1. The van der Waals surface area contributed by atoms with Gasteiger partial charge in [0.05, 0.1) is 23.8 Å². The Morgan fingerprint density at radius 1 is 1.33 bits per heavy atom. The van der Waals surface area contributed by atoms with Gasteiger partial charge in [0.2, 0.25) is 5.95 Å². The van der Waals surface area contributed by atoms with Crippen LogP contribution >= 0.6 is 34.2 Å². The molecule has 0 unspecified atom stereocenters. The molecule has 4 nitrogen and oxygen atoms in total. The summed E-state index contributed by atoms with van der Waals surface area (Å²) in [6, 6.07) is 8.33. The van der Waals surface area contributed by atoms with Crippen LogP contribution in [0.5, 0.6) is 5.75 Å². The number of imidazole rings is 1. The van der Waals surface area contributed by atoms with Gasteiger partial charge in [0.1, 0.15) is 0 Å². The van der Waals surface area contributed by atoms with Crippen molar-refractivity contribution in [3.8, 4) is 11.4 Å². The Hall–Kier alpha value is -1.54. The number of methoxy groups -OCH3 is 1. The van der Waals surface area contributed by atoms with Gasteiger partial charge in [-0.25, -0.2) is 9.37 Å². The molecule has 1 aromatic heterocycles. The van der Waals surface area contributed by atoms with E-state index in [4.69, 9.17) is 22.1 Å². The topological polar surface area (TPSA) is 53.1 Å². The van der Waals surface area contributed by atoms with Gasteiger partial charge in [-0.1, -0.05) is 11.6 Å². The van der Waals surface area contributed by atoms with Crippen LogP contribution in [0.3, 0.4) is 0 Å². The van der Waals surface area contributed by atoms with Gasteiger partial charge in [0, 0.05) is 20.7 Å². The standard InChI is InChI=1S/C14H10ClFIN3O/c1-21-13-6-12-10(5-8(13)16)19-14(18)20(12)11-3-2-7(15)4-9(11)17/h2-6H,1H3,(H2,18,19). The number of aromatic nitrogens is 2. The summed E-state index contributed by atoms with van der Waals surface area (Å²) < 4.78 is 21.4. The molecule has 0 aliphatic heterocycles. The molecule has 0 atom stereocenters. The molecule has 0 aliphatic rings. The van der Waals surface area contributed by atoms with Gasteiger partial charge in [0.25, 0.3) is 0 Å². The van der Waals surface area contributed by atoms with Gasteiger partial charge >= 0.3 is 0 Å². The van der Waals surface area contributed by atoms with E-state index in [-0.39, 0.29) is 11.7 Å². The molecule has 0 saturated carbocycles. The number of nitrogens with two attached hydrogens (primary N) is 1. The maximum Gasteiger partial charge on any atom is 0.205 e. The number of halogens is 3. The number of ether oxygens (including phenoxy) is 1. The van der Waals surface area contributed by atoms with E-state index in [0.29, 0.717) is 16.1 Å². The lowest BCUT2D eigenvalue weighted by molar-refractivity contribution is 0.387. The largest absolute Gasteiger partial charge is 0.494 e. The first-order chi connectivity index (χ1) is 10.0. The molecule has 1 heterocycles. The van der Waals surface area contributed by atoms with Crippen LogP contribution in [0.25, 0.3) is 16.7 Å². The molecule has 0 fully saturated rings. The van der Waals surface area contributed by atoms with E-state index < -0.39 is 5.82 Å². The zero-order valence-electron chi connectivity index (χ0n) is 10.9. The van der Waals surface area contributed by atoms with E-state index >= 15 is 0 Å². The molecule has 3 rings (SSSR count). The highest BCUT2D eigenvalue weighted by molar-refractivity contribution is 14.1. The fourth-order valence-electron chi connectivity index (χ4n) is 2.17. The van der Waals surface area contributed by atoms with Crippen molar-refractivity contribution in [3.05, 3.63) is 44.7 Å². The van der Waals surface area contributed by atoms with Crippen LogP contribution in [0.2, 0.25) is 5.02 Å². The monoisotopic (exact) mass is 417 g/mol. The second-order valence-electron chi connectivity index (χ2n) is 4.38. The molecule has 0 spiro atoms.